The number of aromatic amines is 1. The second kappa shape index (κ2) is 10.8. The summed E-state index contributed by atoms with van der Waals surface area (Å²) in [6.45, 7) is 1.86. The first kappa shape index (κ1) is 22.7. The minimum atomic E-state index is -0.254. The Bertz CT molecular complexity index is 1110. The van der Waals surface area contributed by atoms with Gasteiger partial charge in [0.2, 0.25) is 0 Å². The van der Waals surface area contributed by atoms with Gasteiger partial charge in [-0.25, -0.2) is 4.39 Å². The van der Waals surface area contributed by atoms with Crippen LogP contribution in [0, 0.1) is 5.82 Å². The van der Waals surface area contributed by atoms with Crippen LogP contribution in [0.15, 0.2) is 72.9 Å². The molecule has 2 N–H and O–H groups in total. The highest BCUT2D eigenvalue weighted by Crippen LogP contribution is 2.32. The van der Waals surface area contributed by atoms with Crippen molar-refractivity contribution < 1.29 is 26.3 Å². The fraction of sp³-hybridized carbons (Fsp3) is 0.200. The maximum Gasteiger partial charge on any atom is 0.166 e. The summed E-state index contributed by atoms with van der Waals surface area (Å²) in [4.78, 5) is 3.32. The van der Waals surface area contributed by atoms with E-state index in [-0.39, 0.29) is 18.2 Å². The molecule has 0 radical (unpaired) electrons. The second-order valence-corrected chi connectivity index (χ2v) is 7.15. The average Bonchev–Trinajstić information content (AvgIpc) is 3.19. The molecule has 4 rings (SSSR count). The minimum absolute atomic E-state index is 0. The fourth-order valence-corrected chi connectivity index (χ4v) is 3.55. The number of ether oxygens (including phenoxy) is 2. The Morgan fingerprint density at radius 3 is 2.55 bits per heavy atom. The zero-order chi connectivity index (χ0) is 20.8. The van der Waals surface area contributed by atoms with Crippen molar-refractivity contribution in [3.8, 4) is 11.5 Å². The average molecular weight is 440 g/mol. The first-order chi connectivity index (χ1) is 14.7. The molecule has 162 valence electrons. The summed E-state index contributed by atoms with van der Waals surface area (Å²) in [7, 11) is 1.63. The Kier molecular flexibility index (Phi) is 7.93. The normalized spacial score (nSPS) is 10.6. The molecule has 0 aliphatic carbocycles. The van der Waals surface area contributed by atoms with E-state index in [0.29, 0.717) is 24.7 Å². The van der Waals surface area contributed by atoms with Crippen molar-refractivity contribution in [2.24, 2.45) is 0 Å². The molecule has 4 aromatic rings. The molecule has 0 aliphatic heterocycles. The first-order valence-electron chi connectivity index (χ1n) is 10.0. The van der Waals surface area contributed by atoms with Gasteiger partial charge in [-0.3, -0.25) is 0 Å². The minimum Gasteiger partial charge on any atom is -1.00 e. The number of fused-ring (bicyclic) bond motifs is 1. The van der Waals surface area contributed by atoms with E-state index in [2.05, 4.69) is 34.7 Å². The Balaban J connectivity index is 0.00000272. The third-order valence-electron chi connectivity index (χ3n) is 5.14. The smallest absolute Gasteiger partial charge is 0.166 e. The van der Waals surface area contributed by atoms with Crippen molar-refractivity contribution in [2.45, 2.75) is 19.6 Å². The molecule has 0 unspecified atom stereocenters. The van der Waals surface area contributed by atoms with Crippen molar-refractivity contribution in [1.29, 1.82) is 0 Å². The van der Waals surface area contributed by atoms with Crippen LogP contribution in [0.4, 0.5) is 4.39 Å². The Morgan fingerprint density at radius 1 is 0.935 bits per heavy atom. The lowest BCUT2D eigenvalue weighted by molar-refractivity contribution is -0.00000720. The molecule has 0 amide bonds. The zero-order valence-corrected chi connectivity index (χ0v) is 18.1. The van der Waals surface area contributed by atoms with Gasteiger partial charge in [0.25, 0.3) is 0 Å². The maximum atomic E-state index is 13.1. The Morgan fingerprint density at radius 2 is 1.74 bits per heavy atom. The summed E-state index contributed by atoms with van der Waals surface area (Å²) in [5.74, 6) is 1.15. The predicted octanol–water partition coefficient (Wildman–Crippen LogP) is 2.23. The largest absolute Gasteiger partial charge is 1.00 e. The Labute approximate surface area is 187 Å². The third kappa shape index (κ3) is 5.57. The van der Waals surface area contributed by atoms with E-state index in [9.17, 15) is 4.39 Å². The topological polar surface area (TPSA) is 46.3 Å². The van der Waals surface area contributed by atoms with Gasteiger partial charge in [0.1, 0.15) is 12.4 Å². The molecule has 6 heteroatoms. The van der Waals surface area contributed by atoms with E-state index >= 15 is 0 Å². The number of halogens is 2. The van der Waals surface area contributed by atoms with Crippen LogP contribution in [0.25, 0.3) is 10.9 Å². The van der Waals surface area contributed by atoms with Crippen LogP contribution < -0.4 is 27.2 Å². The highest BCUT2D eigenvalue weighted by molar-refractivity contribution is 5.83. The highest BCUT2D eigenvalue weighted by Gasteiger charge is 2.11. The molecule has 0 saturated heterocycles. The lowest BCUT2D eigenvalue weighted by Gasteiger charge is -2.16. The number of benzene rings is 3. The highest BCUT2D eigenvalue weighted by atomic mass is 35.5. The lowest BCUT2D eigenvalue weighted by Crippen LogP contribution is -3.00. The summed E-state index contributed by atoms with van der Waals surface area (Å²) in [5.41, 5.74) is 4.39. The van der Waals surface area contributed by atoms with Crippen LogP contribution in [-0.4, -0.2) is 18.6 Å². The van der Waals surface area contributed by atoms with Crippen molar-refractivity contribution in [2.75, 3.05) is 13.7 Å². The van der Waals surface area contributed by atoms with Crippen LogP contribution in [0.2, 0.25) is 0 Å². The van der Waals surface area contributed by atoms with E-state index < -0.39 is 0 Å². The molecular formula is C25H25ClFN2O2-. The summed E-state index contributed by atoms with van der Waals surface area (Å²) in [5, 5.41) is 4.77. The van der Waals surface area contributed by atoms with E-state index in [1.807, 2.05) is 24.3 Å². The van der Waals surface area contributed by atoms with Crippen molar-refractivity contribution in [3.63, 3.8) is 0 Å². The summed E-state index contributed by atoms with van der Waals surface area (Å²) >= 11 is 0. The molecule has 0 aliphatic rings. The van der Waals surface area contributed by atoms with E-state index in [1.54, 1.807) is 19.2 Å². The lowest BCUT2D eigenvalue weighted by atomic mass is 10.1. The van der Waals surface area contributed by atoms with Gasteiger partial charge in [0.05, 0.1) is 7.11 Å². The summed E-state index contributed by atoms with van der Waals surface area (Å²) in [6, 6.07) is 20.5. The molecular weight excluding hydrogens is 415 g/mol. The molecule has 1 heterocycles. The molecule has 4 nitrogen and oxygen atoms in total. The van der Waals surface area contributed by atoms with E-state index in [1.165, 1.54) is 23.1 Å². The number of para-hydroxylation sites is 2. The second-order valence-electron chi connectivity index (χ2n) is 7.15. The molecule has 0 fully saturated rings. The van der Waals surface area contributed by atoms with Crippen LogP contribution in [0.1, 0.15) is 16.7 Å². The van der Waals surface area contributed by atoms with Gasteiger partial charge in [0.15, 0.2) is 11.5 Å². The molecule has 0 spiro atoms. The standard InChI is InChI=1S/C25H25FN2O2.ClH/c1-29-24-8-4-5-20(25(24)30-17-18-9-11-21(26)12-10-18)15-27-14-13-19-16-28-23-7-3-2-6-22(19)23;/h2-12,16,27-28H,13-15,17H2,1H3;1H/p-1. The SMILES string of the molecule is COc1cccc(CNCCc2c[nH]c3ccccc23)c1OCc1ccc(F)cc1.[Cl-]. The number of hydrogen-bond donors (Lipinski definition) is 2. The van der Waals surface area contributed by atoms with Gasteiger partial charge in [-0.05, 0) is 48.4 Å². The van der Waals surface area contributed by atoms with Crippen molar-refractivity contribution in [1.82, 2.24) is 10.3 Å². The summed E-state index contributed by atoms with van der Waals surface area (Å²) < 4.78 is 24.7. The molecule has 0 saturated carbocycles. The number of hydrogen-bond acceptors (Lipinski definition) is 3. The monoisotopic (exact) mass is 439 g/mol. The van der Waals surface area contributed by atoms with Gasteiger partial charge in [-0.2, -0.15) is 0 Å². The van der Waals surface area contributed by atoms with Crippen LogP contribution in [0.5, 0.6) is 11.5 Å². The first-order valence-corrected chi connectivity index (χ1v) is 10.0. The molecule has 0 atom stereocenters. The number of aromatic nitrogens is 1. The molecule has 3 aromatic carbocycles. The Hall–Kier alpha value is -3.02. The zero-order valence-electron chi connectivity index (χ0n) is 17.3. The maximum absolute atomic E-state index is 13.1. The van der Waals surface area contributed by atoms with Crippen molar-refractivity contribution in [3.05, 3.63) is 95.4 Å². The van der Waals surface area contributed by atoms with Gasteiger partial charge in [-0.15, -0.1) is 0 Å². The van der Waals surface area contributed by atoms with Gasteiger partial charge < -0.3 is 32.2 Å². The van der Waals surface area contributed by atoms with E-state index in [4.69, 9.17) is 9.47 Å². The van der Waals surface area contributed by atoms with Crippen LogP contribution in [0.3, 0.4) is 0 Å². The van der Waals surface area contributed by atoms with Crippen LogP contribution in [-0.2, 0) is 19.6 Å². The molecule has 31 heavy (non-hydrogen) atoms. The van der Waals surface area contributed by atoms with E-state index in [0.717, 1.165) is 29.6 Å². The third-order valence-corrected chi connectivity index (χ3v) is 5.14. The number of methoxy groups -OCH3 is 1. The number of nitrogens with one attached hydrogen (secondary N) is 2. The van der Waals surface area contributed by atoms with Gasteiger partial charge >= 0.3 is 0 Å². The molecule has 0 bridgehead atoms. The quantitative estimate of drug-likeness (QED) is 0.393. The van der Waals surface area contributed by atoms with Gasteiger partial charge in [0, 0.05) is 29.2 Å². The number of H-pyrrole nitrogens is 1. The predicted molar refractivity (Wildman–Crippen MR) is 117 cm³/mol. The fourth-order valence-electron chi connectivity index (χ4n) is 3.55. The summed E-state index contributed by atoms with van der Waals surface area (Å²) in [6.07, 6.45) is 3.01. The van der Waals surface area contributed by atoms with Gasteiger partial charge in [-0.1, -0.05) is 42.5 Å². The van der Waals surface area contributed by atoms with Crippen LogP contribution >= 0.6 is 0 Å². The van der Waals surface area contributed by atoms with Crippen molar-refractivity contribution >= 4 is 10.9 Å². The molecule has 1 aromatic heterocycles. The number of rotatable bonds is 9.